The van der Waals surface area contributed by atoms with Crippen molar-refractivity contribution in [2.75, 3.05) is 6.61 Å². The third-order valence-corrected chi connectivity index (χ3v) is 5.03. The molecule has 198 valence electrons. The smallest absolute Gasteiger partial charge is 0.326 e. The molecular weight excluding hydrogens is 478 g/mol. The number of hydrogen-bond acceptors (Lipinski definition) is 8. The van der Waals surface area contributed by atoms with Crippen molar-refractivity contribution in [3.05, 3.63) is 35.9 Å². The van der Waals surface area contributed by atoms with Gasteiger partial charge < -0.3 is 42.7 Å². The van der Waals surface area contributed by atoms with Gasteiger partial charge in [-0.15, -0.1) is 0 Å². The fourth-order valence-electron chi connectivity index (χ4n) is 3.03. The molecule has 14 nitrogen and oxygen atoms in total. The topological polar surface area (TPSA) is 251 Å². The van der Waals surface area contributed by atoms with Crippen LogP contribution in [0, 0.1) is 0 Å². The molecule has 0 aromatic heterocycles. The number of hydrogen-bond donors (Lipinski definition) is 8. The Labute approximate surface area is 206 Å². The van der Waals surface area contributed by atoms with Gasteiger partial charge in [0.05, 0.1) is 12.6 Å². The van der Waals surface area contributed by atoms with Crippen LogP contribution >= 0.6 is 0 Å². The molecule has 0 saturated carbocycles. The maximum Gasteiger partial charge on any atom is 0.326 e. The summed E-state index contributed by atoms with van der Waals surface area (Å²) in [4.78, 5) is 70.9. The van der Waals surface area contributed by atoms with Gasteiger partial charge in [-0.05, 0) is 18.4 Å². The number of amides is 4. The minimum Gasteiger partial charge on any atom is -0.481 e. The zero-order valence-corrected chi connectivity index (χ0v) is 19.4. The number of carbonyl (C=O) groups is 6. The van der Waals surface area contributed by atoms with Crippen LogP contribution in [-0.2, 0) is 35.2 Å². The lowest BCUT2D eigenvalue weighted by atomic mass is 10.0. The van der Waals surface area contributed by atoms with Gasteiger partial charge in [-0.1, -0.05) is 30.3 Å². The molecule has 0 spiro atoms. The van der Waals surface area contributed by atoms with Crippen molar-refractivity contribution in [2.45, 2.75) is 56.3 Å². The van der Waals surface area contributed by atoms with E-state index < -0.39 is 66.3 Å². The maximum absolute atomic E-state index is 13.0. The molecule has 36 heavy (non-hydrogen) atoms. The number of aliphatic hydroxyl groups excluding tert-OH is 1. The monoisotopic (exact) mass is 509 g/mol. The second-order valence-electron chi connectivity index (χ2n) is 7.94. The van der Waals surface area contributed by atoms with Crippen LogP contribution in [0.2, 0.25) is 0 Å². The van der Waals surface area contributed by atoms with E-state index >= 15 is 0 Å². The van der Waals surface area contributed by atoms with E-state index in [4.69, 9.17) is 16.6 Å². The average molecular weight is 510 g/mol. The van der Waals surface area contributed by atoms with E-state index in [2.05, 4.69) is 16.0 Å². The van der Waals surface area contributed by atoms with Gasteiger partial charge in [-0.2, -0.15) is 0 Å². The van der Waals surface area contributed by atoms with Gasteiger partial charge in [0, 0.05) is 19.3 Å². The quantitative estimate of drug-likeness (QED) is 0.114. The Balaban J connectivity index is 2.96. The number of primary amides is 1. The number of nitrogens with two attached hydrogens (primary N) is 2. The van der Waals surface area contributed by atoms with Gasteiger partial charge in [0.1, 0.15) is 18.1 Å². The Morgan fingerprint density at radius 1 is 0.778 bits per heavy atom. The van der Waals surface area contributed by atoms with Crippen molar-refractivity contribution in [2.24, 2.45) is 11.5 Å². The fraction of sp³-hybridized carbons (Fsp3) is 0.455. The summed E-state index contributed by atoms with van der Waals surface area (Å²) >= 11 is 0. The standard InChI is InChI=1S/C22H31N5O9/c23-13(6-9-18(30)31)19(32)26-15(10-12-4-2-1-3-5-12)20(33)27-16(11-28)21(34)25-14(22(35)36)7-8-17(24)29/h1-5,13-16,28H,6-11,23H2,(H2,24,29)(H,25,34)(H,26,32)(H,27,33)(H,30,31)(H,35,36). The molecule has 10 N–H and O–H groups in total. The third kappa shape index (κ3) is 10.9. The summed E-state index contributed by atoms with van der Waals surface area (Å²) in [6.45, 7) is -0.899. The van der Waals surface area contributed by atoms with E-state index in [0.717, 1.165) is 0 Å². The summed E-state index contributed by atoms with van der Waals surface area (Å²) in [5.41, 5.74) is 11.4. The van der Waals surface area contributed by atoms with Crippen molar-refractivity contribution in [1.29, 1.82) is 0 Å². The molecule has 0 saturated heterocycles. The van der Waals surface area contributed by atoms with Gasteiger partial charge in [-0.3, -0.25) is 24.0 Å². The van der Waals surface area contributed by atoms with Crippen molar-refractivity contribution in [3.8, 4) is 0 Å². The molecule has 0 aliphatic heterocycles. The highest BCUT2D eigenvalue weighted by Crippen LogP contribution is 2.06. The number of benzene rings is 1. The number of carboxylic acid groups (broad SMARTS) is 2. The van der Waals surface area contributed by atoms with Crippen LogP contribution in [0.5, 0.6) is 0 Å². The summed E-state index contributed by atoms with van der Waals surface area (Å²) in [5.74, 6) is -6.08. The Bertz CT molecular complexity index is 941. The van der Waals surface area contributed by atoms with Crippen LogP contribution in [0.4, 0.5) is 0 Å². The molecule has 4 unspecified atom stereocenters. The molecular formula is C22H31N5O9. The molecule has 0 radical (unpaired) electrons. The lowest BCUT2D eigenvalue weighted by Gasteiger charge is -2.24. The van der Waals surface area contributed by atoms with Crippen LogP contribution in [0.15, 0.2) is 30.3 Å². The van der Waals surface area contributed by atoms with Crippen LogP contribution in [-0.4, -0.2) is 81.7 Å². The lowest BCUT2D eigenvalue weighted by Crippen LogP contribution is -2.58. The molecule has 1 aromatic rings. The number of aliphatic carboxylic acids is 2. The number of rotatable bonds is 16. The molecule has 14 heteroatoms. The van der Waals surface area contributed by atoms with Gasteiger partial charge in [0.15, 0.2) is 0 Å². The maximum atomic E-state index is 13.0. The highest BCUT2D eigenvalue weighted by molar-refractivity contribution is 5.94. The lowest BCUT2D eigenvalue weighted by molar-refractivity contribution is -0.143. The van der Waals surface area contributed by atoms with Crippen molar-refractivity contribution < 1.29 is 44.1 Å². The van der Waals surface area contributed by atoms with Gasteiger partial charge in [0.25, 0.3) is 0 Å². The Morgan fingerprint density at radius 3 is 1.86 bits per heavy atom. The predicted octanol–water partition coefficient (Wildman–Crippen LogP) is -2.78. The molecule has 0 fully saturated rings. The fourth-order valence-corrected chi connectivity index (χ4v) is 3.03. The number of aliphatic hydroxyl groups is 1. The zero-order valence-electron chi connectivity index (χ0n) is 19.4. The third-order valence-electron chi connectivity index (χ3n) is 5.03. The normalized spacial score (nSPS) is 13.9. The van der Waals surface area contributed by atoms with Crippen LogP contribution in [0.25, 0.3) is 0 Å². The largest absolute Gasteiger partial charge is 0.481 e. The number of carboxylic acids is 2. The van der Waals surface area contributed by atoms with Gasteiger partial charge in [0.2, 0.25) is 23.6 Å². The first-order valence-corrected chi connectivity index (χ1v) is 11.0. The van der Waals surface area contributed by atoms with Crippen molar-refractivity contribution >= 4 is 35.6 Å². The molecule has 4 atom stereocenters. The summed E-state index contributed by atoms with van der Waals surface area (Å²) in [6.07, 6.45) is -1.19. The van der Waals surface area contributed by atoms with E-state index in [1.54, 1.807) is 30.3 Å². The minimum absolute atomic E-state index is 0.0276. The SMILES string of the molecule is NC(=O)CCC(NC(=O)C(CO)NC(=O)C(Cc1ccccc1)NC(=O)C(N)CCC(=O)O)C(=O)O. The van der Waals surface area contributed by atoms with E-state index in [0.29, 0.717) is 5.56 Å². The van der Waals surface area contributed by atoms with Crippen LogP contribution in [0.1, 0.15) is 31.2 Å². The first-order chi connectivity index (χ1) is 16.9. The minimum atomic E-state index is -1.58. The first kappa shape index (κ1) is 30.0. The highest BCUT2D eigenvalue weighted by atomic mass is 16.4. The molecule has 1 rings (SSSR count). The summed E-state index contributed by atoms with van der Waals surface area (Å²) in [5, 5.41) is 34.4. The Kier molecular flexibility index (Phi) is 12.5. The number of nitrogens with one attached hydrogen (secondary N) is 3. The van der Waals surface area contributed by atoms with Crippen molar-refractivity contribution in [3.63, 3.8) is 0 Å². The summed E-state index contributed by atoms with van der Waals surface area (Å²) in [6, 6.07) is 2.95. The first-order valence-electron chi connectivity index (χ1n) is 11.0. The van der Waals surface area contributed by atoms with Crippen LogP contribution in [0.3, 0.4) is 0 Å². The second kappa shape index (κ2) is 15.1. The summed E-state index contributed by atoms with van der Waals surface area (Å²) in [7, 11) is 0. The number of carbonyl (C=O) groups excluding carboxylic acids is 4. The van der Waals surface area contributed by atoms with Gasteiger partial charge in [-0.25, -0.2) is 4.79 Å². The Morgan fingerprint density at radius 2 is 1.33 bits per heavy atom. The molecule has 0 heterocycles. The summed E-state index contributed by atoms with van der Waals surface area (Å²) < 4.78 is 0. The second-order valence-corrected chi connectivity index (χ2v) is 7.94. The zero-order chi connectivity index (χ0) is 27.3. The molecule has 0 aliphatic rings. The molecule has 1 aromatic carbocycles. The van der Waals surface area contributed by atoms with E-state index in [1.807, 2.05) is 0 Å². The molecule has 4 amide bonds. The van der Waals surface area contributed by atoms with E-state index in [-0.39, 0.29) is 32.1 Å². The highest BCUT2D eigenvalue weighted by Gasteiger charge is 2.30. The van der Waals surface area contributed by atoms with E-state index in [9.17, 15) is 39.0 Å². The molecule has 0 aliphatic carbocycles. The van der Waals surface area contributed by atoms with Crippen molar-refractivity contribution in [1.82, 2.24) is 16.0 Å². The van der Waals surface area contributed by atoms with E-state index in [1.165, 1.54) is 0 Å². The Hall–Kier alpha value is -4.04. The molecule has 0 bridgehead atoms. The predicted molar refractivity (Wildman–Crippen MR) is 124 cm³/mol. The average Bonchev–Trinajstić information content (AvgIpc) is 2.82. The van der Waals surface area contributed by atoms with Crippen LogP contribution < -0.4 is 27.4 Å². The van der Waals surface area contributed by atoms with Gasteiger partial charge >= 0.3 is 11.9 Å².